The molecule has 1 saturated heterocycles. The van der Waals surface area contributed by atoms with Crippen LogP contribution in [-0.4, -0.2) is 29.6 Å². The highest BCUT2D eigenvalue weighted by Gasteiger charge is 2.20. The highest BCUT2D eigenvalue weighted by atomic mass is 16.6. The van der Waals surface area contributed by atoms with Crippen molar-refractivity contribution < 1.29 is 9.66 Å². The second-order valence-corrected chi connectivity index (χ2v) is 5.24. The van der Waals surface area contributed by atoms with Crippen molar-refractivity contribution in [2.75, 3.05) is 19.7 Å². The molecule has 0 saturated carbocycles. The molecule has 1 aromatic heterocycles. The summed E-state index contributed by atoms with van der Waals surface area (Å²) in [6.07, 6.45) is 3.32. The highest BCUT2D eigenvalue weighted by molar-refractivity contribution is 5.88. The Hall–Kier alpha value is -2.21. The van der Waals surface area contributed by atoms with E-state index in [1.54, 1.807) is 0 Å². The molecule has 1 N–H and O–H groups in total. The van der Waals surface area contributed by atoms with Crippen LogP contribution in [0.15, 0.2) is 30.5 Å². The van der Waals surface area contributed by atoms with Crippen molar-refractivity contribution in [1.29, 1.82) is 0 Å². The molecule has 0 aliphatic carbocycles. The van der Waals surface area contributed by atoms with Crippen LogP contribution < -0.4 is 10.1 Å². The largest absolute Gasteiger partial charge is 0.486 e. The average Bonchev–Trinajstić information content (AvgIpc) is 3.00. The molecule has 1 fully saturated rings. The van der Waals surface area contributed by atoms with E-state index in [0.717, 1.165) is 25.9 Å². The number of aromatic nitrogens is 1. The first-order valence-electron chi connectivity index (χ1n) is 7.11. The molecule has 0 spiro atoms. The van der Waals surface area contributed by atoms with E-state index in [9.17, 15) is 10.1 Å². The summed E-state index contributed by atoms with van der Waals surface area (Å²) in [4.78, 5) is 14.8. The summed E-state index contributed by atoms with van der Waals surface area (Å²) < 4.78 is 5.76. The van der Waals surface area contributed by atoms with Crippen LogP contribution in [0, 0.1) is 16.0 Å². The molecule has 1 aliphatic heterocycles. The van der Waals surface area contributed by atoms with E-state index in [-0.39, 0.29) is 5.69 Å². The van der Waals surface area contributed by atoms with Gasteiger partial charge in [-0.15, -0.1) is 0 Å². The second kappa shape index (κ2) is 6.05. The quantitative estimate of drug-likeness (QED) is 0.675. The third-order valence-corrected chi connectivity index (χ3v) is 3.84. The highest BCUT2D eigenvalue weighted by Crippen LogP contribution is 2.34. The van der Waals surface area contributed by atoms with Crippen molar-refractivity contribution >= 4 is 16.6 Å². The molecule has 1 aromatic carbocycles. The molecule has 2 aromatic rings. The maximum atomic E-state index is 11.2. The average molecular weight is 287 g/mol. The van der Waals surface area contributed by atoms with E-state index >= 15 is 0 Å². The molecular weight excluding hydrogens is 270 g/mol. The molecule has 0 radical (unpaired) electrons. The summed E-state index contributed by atoms with van der Waals surface area (Å²) in [6, 6.07) is 7.32. The first kappa shape index (κ1) is 13.8. The second-order valence-electron chi connectivity index (χ2n) is 5.24. The van der Waals surface area contributed by atoms with Gasteiger partial charge in [0.1, 0.15) is 6.20 Å². The number of nitro groups is 1. The fourth-order valence-corrected chi connectivity index (χ4v) is 2.68. The number of hydrogen-bond acceptors (Lipinski definition) is 5. The van der Waals surface area contributed by atoms with Crippen molar-refractivity contribution in [2.45, 2.75) is 12.8 Å². The van der Waals surface area contributed by atoms with Crippen molar-refractivity contribution in [3.8, 4) is 5.75 Å². The number of nitrogens with one attached hydrogen (secondary N) is 1. The summed E-state index contributed by atoms with van der Waals surface area (Å²) in [5, 5.41) is 15.2. The Morgan fingerprint density at radius 2 is 2.29 bits per heavy atom. The third-order valence-electron chi connectivity index (χ3n) is 3.84. The fourth-order valence-electron chi connectivity index (χ4n) is 2.68. The minimum Gasteiger partial charge on any atom is -0.486 e. The van der Waals surface area contributed by atoms with E-state index in [2.05, 4.69) is 10.3 Å². The molecule has 1 aliphatic rings. The zero-order valence-electron chi connectivity index (χ0n) is 11.6. The smallest absolute Gasteiger partial charge is 0.329 e. The van der Waals surface area contributed by atoms with Crippen molar-refractivity contribution in [2.24, 2.45) is 5.92 Å². The number of hydrogen-bond donors (Lipinski definition) is 1. The number of benzene rings is 1. The molecule has 2 heterocycles. The first-order valence-corrected chi connectivity index (χ1v) is 7.11. The van der Waals surface area contributed by atoms with Crippen LogP contribution in [0.3, 0.4) is 0 Å². The van der Waals surface area contributed by atoms with Gasteiger partial charge in [0.05, 0.1) is 17.0 Å². The van der Waals surface area contributed by atoms with Crippen molar-refractivity contribution in [1.82, 2.24) is 10.3 Å². The fraction of sp³-hybridized carbons (Fsp3) is 0.400. The Morgan fingerprint density at radius 1 is 1.43 bits per heavy atom. The van der Waals surface area contributed by atoms with Crippen LogP contribution in [0.4, 0.5) is 5.69 Å². The van der Waals surface area contributed by atoms with Gasteiger partial charge in [-0.2, -0.15) is 0 Å². The normalized spacial score (nSPS) is 18.0. The molecule has 0 bridgehead atoms. The Kier molecular flexibility index (Phi) is 3.96. The van der Waals surface area contributed by atoms with Gasteiger partial charge in [-0.05, 0) is 44.0 Å². The summed E-state index contributed by atoms with van der Waals surface area (Å²) in [6.45, 7) is 2.53. The van der Waals surface area contributed by atoms with Gasteiger partial charge in [-0.3, -0.25) is 10.1 Å². The predicted octanol–water partition coefficient (Wildman–Crippen LogP) is 2.52. The number of rotatable bonds is 5. The molecule has 6 heteroatoms. The number of ether oxygens (including phenoxy) is 1. The zero-order chi connectivity index (χ0) is 14.7. The summed E-state index contributed by atoms with van der Waals surface area (Å²) in [7, 11) is 0. The van der Waals surface area contributed by atoms with Crippen LogP contribution in [-0.2, 0) is 0 Å². The van der Waals surface area contributed by atoms with Crippen LogP contribution in [0.5, 0.6) is 5.75 Å². The van der Waals surface area contributed by atoms with Gasteiger partial charge >= 0.3 is 5.69 Å². The van der Waals surface area contributed by atoms with Gasteiger partial charge < -0.3 is 10.1 Å². The standard InChI is InChI=1S/C15H17N3O3/c19-18(20)14-10-17-13-4-2-1-3-12(13)15(14)21-8-6-11-5-7-16-9-11/h1-4,10-11,16H,5-9H2. The van der Waals surface area contributed by atoms with Crippen LogP contribution in [0.25, 0.3) is 10.9 Å². The predicted molar refractivity (Wildman–Crippen MR) is 79.5 cm³/mol. The molecule has 110 valence electrons. The maximum Gasteiger partial charge on any atom is 0.329 e. The summed E-state index contributed by atoms with van der Waals surface area (Å²) >= 11 is 0. The van der Waals surface area contributed by atoms with Gasteiger partial charge in [0, 0.05) is 5.39 Å². The number of para-hydroxylation sites is 1. The zero-order valence-corrected chi connectivity index (χ0v) is 11.6. The number of fused-ring (bicyclic) bond motifs is 1. The van der Waals surface area contributed by atoms with E-state index < -0.39 is 4.92 Å². The minimum atomic E-state index is -0.439. The monoisotopic (exact) mass is 287 g/mol. The first-order chi connectivity index (χ1) is 10.3. The van der Waals surface area contributed by atoms with Crippen molar-refractivity contribution in [3.63, 3.8) is 0 Å². The molecule has 1 unspecified atom stereocenters. The summed E-state index contributed by atoms with van der Waals surface area (Å²) in [5.41, 5.74) is 0.638. The van der Waals surface area contributed by atoms with Gasteiger partial charge in [-0.25, -0.2) is 4.98 Å². The van der Waals surface area contributed by atoms with Gasteiger partial charge in [0.25, 0.3) is 0 Å². The topological polar surface area (TPSA) is 77.3 Å². The molecule has 0 amide bonds. The van der Waals surface area contributed by atoms with E-state index in [1.807, 2.05) is 24.3 Å². The third kappa shape index (κ3) is 2.95. The molecule has 21 heavy (non-hydrogen) atoms. The van der Waals surface area contributed by atoms with Gasteiger partial charge in [-0.1, -0.05) is 12.1 Å². The lowest BCUT2D eigenvalue weighted by molar-refractivity contribution is -0.386. The number of pyridine rings is 1. The maximum absolute atomic E-state index is 11.2. The lowest BCUT2D eigenvalue weighted by Gasteiger charge is -2.11. The molecule has 3 rings (SSSR count). The lowest BCUT2D eigenvalue weighted by Crippen LogP contribution is -2.12. The Morgan fingerprint density at radius 3 is 3.05 bits per heavy atom. The van der Waals surface area contributed by atoms with E-state index in [0.29, 0.717) is 29.2 Å². The SMILES string of the molecule is O=[N+]([O-])c1cnc2ccccc2c1OCCC1CCNC1. The van der Waals surface area contributed by atoms with Gasteiger partial charge in [0.15, 0.2) is 0 Å². The molecule has 6 nitrogen and oxygen atoms in total. The lowest BCUT2D eigenvalue weighted by atomic mass is 10.1. The minimum absolute atomic E-state index is 0.0711. The molecule has 1 atom stereocenters. The van der Waals surface area contributed by atoms with Crippen LogP contribution >= 0.6 is 0 Å². The summed E-state index contributed by atoms with van der Waals surface area (Å²) in [5.74, 6) is 0.925. The van der Waals surface area contributed by atoms with Crippen molar-refractivity contribution in [3.05, 3.63) is 40.6 Å². The van der Waals surface area contributed by atoms with E-state index in [1.165, 1.54) is 6.20 Å². The number of nitrogens with zero attached hydrogens (tertiary/aromatic N) is 2. The van der Waals surface area contributed by atoms with Gasteiger partial charge in [0.2, 0.25) is 5.75 Å². The van der Waals surface area contributed by atoms with Crippen LogP contribution in [0.2, 0.25) is 0 Å². The van der Waals surface area contributed by atoms with E-state index in [4.69, 9.17) is 4.74 Å². The Labute approximate surface area is 122 Å². The Bertz CT molecular complexity index is 654. The molecular formula is C15H17N3O3. The van der Waals surface area contributed by atoms with Crippen LogP contribution in [0.1, 0.15) is 12.8 Å². The Balaban J connectivity index is 1.83.